The highest BCUT2D eigenvalue weighted by molar-refractivity contribution is 9.10. The van der Waals surface area contributed by atoms with Gasteiger partial charge in [-0.1, -0.05) is 107 Å². The Bertz CT molecular complexity index is 1160. The first-order valence-corrected chi connectivity index (χ1v) is 11.1. The van der Waals surface area contributed by atoms with E-state index < -0.39 is 0 Å². The van der Waals surface area contributed by atoms with Crippen LogP contribution in [0.1, 0.15) is 11.1 Å². The highest BCUT2D eigenvalue weighted by Crippen LogP contribution is 2.29. The lowest BCUT2D eigenvalue weighted by molar-refractivity contribution is 1.10. The number of benzene rings is 4. The fourth-order valence-electron chi connectivity index (χ4n) is 3.58. The summed E-state index contributed by atoms with van der Waals surface area (Å²) in [6.45, 7) is 4.69. The molecule has 0 atom stereocenters. The third kappa shape index (κ3) is 5.22. The number of anilines is 2. The van der Waals surface area contributed by atoms with E-state index in [2.05, 4.69) is 137 Å². The molecule has 0 heterocycles. The van der Waals surface area contributed by atoms with E-state index >= 15 is 0 Å². The highest BCUT2D eigenvalue weighted by atomic mass is 79.9. The Morgan fingerprint density at radius 1 is 0.645 bits per heavy atom. The quantitative estimate of drug-likeness (QED) is 0.264. The number of rotatable bonds is 7. The zero-order valence-corrected chi connectivity index (χ0v) is 18.9. The molecule has 0 saturated carbocycles. The standard InChI is InChI=1S/C29H24BrN/c1-2-23-9-6-7-10-24(23)11-8-22-31(28-12-4-3-5-13-28)29-20-16-26(17-21-29)25-14-18-27(30)19-15-25/h2-21H,1,22H2/b11-8-. The van der Waals surface area contributed by atoms with Gasteiger partial charge in [-0.3, -0.25) is 0 Å². The van der Waals surface area contributed by atoms with Gasteiger partial charge >= 0.3 is 0 Å². The molecule has 0 aromatic heterocycles. The Morgan fingerprint density at radius 2 is 1.19 bits per heavy atom. The van der Waals surface area contributed by atoms with Crippen LogP contribution in [-0.2, 0) is 0 Å². The van der Waals surface area contributed by atoms with E-state index in [1.807, 2.05) is 12.1 Å². The van der Waals surface area contributed by atoms with E-state index in [9.17, 15) is 0 Å². The van der Waals surface area contributed by atoms with Crippen LogP contribution in [0.2, 0.25) is 0 Å². The normalized spacial score (nSPS) is 10.9. The largest absolute Gasteiger partial charge is 0.338 e. The van der Waals surface area contributed by atoms with Crippen molar-refractivity contribution in [3.05, 3.63) is 131 Å². The molecule has 0 N–H and O–H groups in total. The molecule has 0 aliphatic carbocycles. The van der Waals surface area contributed by atoms with Crippen LogP contribution < -0.4 is 4.90 Å². The van der Waals surface area contributed by atoms with Crippen LogP contribution in [0, 0.1) is 0 Å². The third-order valence-corrected chi connectivity index (χ3v) is 5.75. The second-order valence-electron chi connectivity index (χ2n) is 7.24. The first-order chi connectivity index (χ1) is 15.2. The second-order valence-corrected chi connectivity index (χ2v) is 8.15. The molecule has 4 aromatic rings. The maximum atomic E-state index is 3.92. The van der Waals surface area contributed by atoms with Gasteiger partial charge in [0.15, 0.2) is 0 Å². The van der Waals surface area contributed by atoms with E-state index in [-0.39, 0.29) is 0 Å². The number of halogens is 1. The van der Waals surface area contributed by atoms with E-state index in [1.54, 1.807) is 0 Å². The van der Waals surface area contributed by atoms with Gasteiger partial charge in [-0.25, -0.2) is 0 Å². The molecule has 0 saturated heterocycles. The minimum absolute atomic E-state index is 0.771. The van der Waals surface area contributed by atoms with E-state index in [4.69, 9.17) is 0 Å². The lowest BCUT2D eigenvalue weighted by atomic mass is 10.0. The van der Waals surface area contributed by atoms with Crippen LogP contribution in [0.15, 0.2) is 120 Å². The summed E-state index contributed by atoms with van der Waals surface area (Å²) in [5.41, 5.74) is 7.07. The third-order valence-electron chi connectivity index (χ3n) is 5.23. The van der Waals surface area contributed by atoms with Crippen LogP contribution in [0.4, 0.5) is 11.4 Å². The summed E-state index contributed by atoms with van der Waals surface area (Å²) < 4.78 is 1.09. The molecular formula is C29H24BrN. The molecule has 0 aliphatic heterocycles. The summed E-state index contributed by atoms with van der Waals surface area (Å²) >= 11 is 3.51. The molecule has 2 heteroatoms. The van der Waals surface area contributed by atoms with Crippen molar-refractivity contribution < 1.29 is 0 Å². The molecule has 0 aliphatic rings. The van der Waals surface area contributed by atoms with Gasteiger partial charge in [0.1, 0.15) is 0 Å². The van der Waals surface area contributed by atoms with Crippen LogP contribution in [0.25, 0.3) is 23.3 Å². The first kappa shape index (κ1) is 20.9. The van der Waals surface area contributed by atoms with Gasteiger partial charge in [0, 0.05) is 22.4 Å². The van der Waals surface area contributed by atoms with Crippen LogP contribution in [0.3, 0.4) is 0 Å². The molecule has 0 bridgehead atoms. The van der Waals surface area contributed by atoms with Crippen molar-refractivity contribution in [1.29, 1.82) is 0 Å². The molecule has 0 unspecified atom stereocenters. The van der Waals surface area contributed by atoms with Gasteiger partial charge in [-0.2, -0.15) is 0 Å². The molecule has 0 radical (unpaired) electrons. The Balaban J connectivity index is 1.60. The van der Waals surface area contributed by atoms with Crippen molar-refractivity contribution in [1.82, 2.24) is 0 Å². The summed E-state index contributed by atoms with van der Waals surface area (Å²) in [5, 5.41) is 0. The van der Waals surface area contributed by atoms with E-state index in [0.29, 0.717) is 0 Å². The summed E-state index contributed by atoms with van der Waals surface area (Å²) in [6.07, 6.45) is 6.27. The van der Waals surface area contributed by atoms with E-state index in [1.165, 1.54) is 22.4 Å². The van der Waals surface area contributed by atoms with Gasteiger partial charge in [-0.15, -0.1) is 0 Å². The molecule has 1 nitrogen and oxygen atoms in total. The van der Waals surface area contributed by atoms with Crippen molar-refractivity contribution in [3.63, 3.8) is 0 Å². The molecular weight excluding hydrogens is 442 g/mol. The average Bonchev–Trinajstić information content (AvgIpc) is 2.83. The molecule has 31 heavy (non-hydrogen) atoms. The average molecular weight is 466 g/mol. The fourth-order valence-corrected chi connectivity index (χ4v) is 3.84. The minimum Gasteiger partial charge on any atom is -0.338 e. The zero-order valence-electron chi connectivity index (χ0n) is 17.3. The lowest BCUT2D eigenvalue weighted by Gasteiger charge is -2.24. The smallest absolute Gasteiger partial charge is 0.0415 e. The molecule has 0 spiro atoms. The van der Waals surface area contributed by atoms with Crippen molar-refractivity contribution in [2.45, 2.75) is 0 Å². The Hall–Kier alpha value is -3.36. The molecule has 4 aromatic carbocycles. The Labute approximate surface area is 193 Å². The number of hydrogen-bond acceptors (Lipinski definition) is 1. The van der Waals surface area contributed by atoms with Crippen LogP contribution in [0.5, 0.6) is 0 Å². The Kier molecular flexibility index (Phi) is 6.81. The lowest BCUT2D eigenvalue weighted by Crippen LogP contribution is -2.16. The van der Waals surface area contributed by atoms with Gasteiger partial charge < -0.3 is 4.90 Å². The molecule has 0 amide bonds. The number of nitrogens with zero attached hydrogens (tertiary/aromatic N) is 1. The SMILES string of the molecule is C=Cc1ccccc1/C=C\CN(c1ccccc1)c1ccc(-c2ccc(Br)cc2)cc1. The fraction of sp³-hybridized carbons (Fsp3) is 0.0345. The molecule has 4 rings (SSSR count). The van der Waals surface area contributed by atoms with Crippen molar-refractivity contribution in [2.75, 3.05) is 11.4 Å². The van der Waals surface area contributed by atoms with Gasteiger partial charge in [0.2, 0.25) is 0 Å². The minimum atomic E-state index is 0.771. The predicted octanol–water partition coefficient (Wildman–Crippen LogP) is 8.61. The first-order valence-electron chi connectivity index (χ1n) is 10.3. The van der Waals surface area contributed by atoms with Crippen molar-refractivity contribution >= 4 is 39.5 Å². The maximum absolute atomic E-state index is 3.92. The summed E-state index contributed by atoms with van der Waals surface area (Å²) in [5.74, 6) is 0. The van der Waals surface area contributed by atoms with Gasteiger partial charge in [0.05, 0.1) is 0 Å². The summed E-state index contributed by atoms with van der Waals surface area (Å²) in [7, 11) is 0. The number of para-hydroxylation sites is 1. The zero-order chi connectivity index (χ0) is 21.5. The molecule has 152 valence electrons. The monoisotopic (exact) mass is 465 g/mol. The maximum Gasteiger partial charge on any atom is 0.0415 e. The number of hydrogen-bond donors (Lipinski definition) is 0. The van der Waals surface area contributed by atoms with Gasteiger partial charge in [0.25, 0.3) is 0 Å². The summed E-state index contributed by atoms with van der Waals surface area (Å²) in [6, 6.07) is 36.0. The van der Waals surface area contributed by atoms with Crippen LogP contribution in [-0.4, -0.2) is 6.54 Å². The Morgan fingerprint density at radius 3 is 1.84 bits per heavy atom. The second kappa shape index (κ2) is 10.1. The summed E-state index contributed by atoms with van der Waals surface area (Å²) in [4.78, 5) is 2.32. The van der Waals surface area contributed by atoms with Crippen molar-refractivity contribution in [3.8, 4) is 11.1 Å². The topological polar surface area (TPSA) is 3.24 Å². The highest BCUT2D eigenvalue weighted by Gasteiger charge is 2.08. The van der Waals surface area contributed by atoms with Gasteiger partial charge in [-0.05, 0) is 58.7 Å². The predicted molar refractivity (Wildman–Crippen MR) is 139 cm³/mol. The van der Waals surface area contributed by atoms with E-state index in [0.717, 1.165) is 22.3 Å². The van der Waals surface area contributed by atoms with Crippen LogP contribution >= 0.6 is 15.9 Å². The van der Waals surface area contributed by atoms with Crippen molar-refractivity contribution in [2.24, 2.45) is 0 Å². The molecule has 0 fully saturated rings.